The molecular formula is C14H17Cl2F3N2O. The Morgan fingerprint density at radius 1 is 1.41 bits per heavy atom. The number of carbonyl (C=O) groups is 1. The minimum atomic E-state index is -4.53. The minimum Gasteiger partial charge on any atom is -0.333 e. The Labute approximate surface area is 138 Å². The Morgan fingerprint density at radius 2 is 2.05 bits per heavy atom. The first kappa shape index (κ1) is 19.1. The molecule has 3 nitrogen and oxygen atoms in total. The number of carbonyl (C=O) groups excluding carboxylic acids is 1. The molecule has 1 amide bonds. The Kier molecular flexibility index (Phi) is 6.52. The van der Waals surface area contributed by atoms with Gasteiger partial charge in [-0.1, -0.05) is 29.8 Å². The number of halogens is 5. The second-order valence-corrected chi connectivity index (χ2v) is 5.44. The fraction of sp³-hybridized carbons (Fsp3) is 0.500. The minimum absolute atomic E-state index is 0. The molecule has 1 N–H and O–H groups in total. The first-order valence-corrected chi connectivity index (χ1v) is 7.02. The molecule has 8 heteroatoms. The summed E-state index contributed by atoms with van der Waals surface area (Å²) < 4.78 is 38.3. The number of nitrogens with zero attached hydrogens (tertiary/aromatic N) is 1. The van der Waals surface area contributed by atoms with Gasteiger partial charge in [0.25, 0.3) is 0 Å². The summed E-state index contributed by atoms with van der Waals surface area (Å²) >= 11 is 6.11. The van der Waals surface area contributed by atoms with E-state index in [-0.39, 0.29) is 19.0 Å². The second-order valence-electron chi connectivity index (χ2n) is 5.04. The van der Waals surface area contributed by atoms with Gasteiger partial charge in [-0.15, -0.1) is 12.4 Å². The summed E-state index contributed by atoms with van der Waals surface area (Å²) in [6.07, 6.45) is -4.53. The van der Waals surface area contributed by atoms with E-state index in [4.69, 9.17) is 11.6 Å². The highest BCUT2D eigenvalue weighted by molar-refractivity contribution is 6.31. The highest BCUT2D eigenvalue weighted by Crippen LogP contribution is 2.33. The molecule has 1 saturated heterocycles. The lowest BCUT2D eigenvalue weighted by molar-refractivity contribution is -0.187. The number of nitrogens with one attached hydrogen (secondary N) is 1. The van der Waals surface area contributed by atoms with Gasteiger partial charge in [0.05, 0.1) is 6.04 Å². The summed E-state index contributed by atoms with van der Waals surface area (Å²) in [5, 5.41) is 3.54. The maximum atomic E-state index is 12.8. The van der Waals surface area contributed by atoms with Crippen molar-refractivity contribution in [3.63, 3.8) is 0 Å². The largest absolute Gasteiger partial charge is 0.400 e. The lowest BCUT2D eigenvalue weighted by atomic mass is 10.0. The summed E-state index contributed by atoms with van der Waals surface area (Å²) in [5.74, 6) is -2.92. The Morgan fingerprint density at radius 3 is 2.64 bits per heavy atom. The van der Waals surface area contributed by atoms with Gasteiger partial charge in [0.2, 0.25) is 5.91 Å². The van der Waals surface area contributed by atoms with Gasteiger partial charge in [-0.05, 0) is 18.6 Å². The first-order valence-electron chi connectivity index (χ1n) is 6.64. The molecule has 1 aromatic rings. The van der Waals surface area contributed by atoms with Crippen LogP contribution in [0.5, 0.6) is 0 Å². The first-order chi connectivity index (χ1) is 9.82. The van der Waals surface area contributed by atoms with Gasteiger partial charge in [0.1, 0.15) is 5.92 Å². The van der Waals surface area contributed by atoms with Gasteiger partial charge in [0.15, 0.2) is 0 Å². The van der Waals surface area contributed by atoms with E-state index in [1.54, 1.807) is 24.3 Å². The number of hydrogen-bond donors (Lipinski definition) is 1. The van der Waals surface area contributed by atoms with Crippen molar-refractivity contribution in [3.05, 3.63) is 34.9 Å². The molecule has 1 aromatic carbocycles. The molecule has 22 heavy (non-hydrogen) atoms. The van der Waals surface area contributed by atoms with Crippen LogP contribution in [0.2, 0.25) is 5.02 Å². The molecule has 1 fully saturated rings. The Bertz CT molecular complexity index is 525. The number of amides is 1. The van der Waals surface area contributed by atoms with Crippen LogP contribution in [0.25, 0.3) is 0 Å². The van der Waals surface area contributed by atoms with Crippen LogP contribution in [0.4, 0.5) is 13.2 Å². The summed E-state index contributed by atoms with van der Waals surface area (Å²) in [5.41, 5.74) is 0.661. The number of rotatable bonds is 2. The zero-order chi connectivity index (χ0) is 15.6. The molecule has 0 aromatic heterocycles. The molecule has 0 bridgehead atoms. The van der Waals surface area contributed by atoms with Crippen molar-refractivity contribution < 1.29 is 18.0 Å². The van der Waals surface area contributed by atoms with Crippen molar-refractivity contribution >= 4 is 29.9 Å². The van der Waals surface area contributed by atoms with Gasteiger partial charge in [-0.25, -0.2) is 0 Å². The third kappa shape index (κ3) is 4.06. The molecule has 1 aliphatic heterocycles. The third-order valence-electron chi connectivity index (χ3n) is 3.65. The molecule has 1 heterocycles. The zero-order valence-corrected chi connectivity index (χ0v) is 13.4. The molecule has 0 radical (unpaired) electrons. The number of piperazine rings is 1. The highest BCUT2D eigenvalue weighted by atomic mass is 35.5. The van der Waals surface area contributed by atoms with Crippen LogP contribution in [0.3, 0.4) is 0 Å². The van der Waals surface area contributed by atoms with E-state index in [0.29, 0.717) is 23.7 Å². The van der Waals surface area contributed by atoms with Crippen LogP contribution >= 0.6 is 24.0 Å². The summed E-state index contributed by atoms with van der Waals surface area (Å²) in [4.78, 5) is 13.4. The monoisotopic (exact) mass is 356 g/mol. The third-order valence-corrected chi connectivity index (χ3v) is 4.00. The lowest BCUT2D eigenvalue weighted by Gasteiger charge is -2.38. The van der Waals surface area contributed by atoms with E-state index in [1.165, 1.54) is 4.90 Å². The maximum Gasteiger partial charge on any atom is 0.400 e. The van der Waals surface area contributed by atoms with E-state index in [0.717, 1.165) is 6.92 Å². The van der Waals surface area contributed by atoms with Crippen molar-refractivity contribution in [3.8, 4) is 0 Å². The Hall–Kier alpha value is -0.980. The van der Waals surface area contributed by atoms with Crippen molar-refractivity contribution in [2.24, 2.45) is 5.92 Å². The average Bonchev–Trinajstić information content (AvgIpc) is 2.45. The Balaban J connectivity index is 0.00000242. The van der Waals surface area contributed by atoms with E-state index in [1.807, 2.05) is 0 Å². The average molecular weight is 357 g/mol. The van der Waals surface area contributed by atoms with Gasteiger partial charge in [-0.2, -0.15) is 13.2 Å². The molecule has 2 rings (SSSR count). The normalized spacial score (nSPS) is 20.2. The van der Waals surface area contributed by atoms with Crippen LogP contribution in [0.1, 0.15) is 18.5 Å². The van der Waals surface area contributed by atoms with Crippen molar-refractivity contribution in [1.82, 2.24) is 10.2 Å². The van der Waals surface area contributed by atoms with Crippen molar-refractivity contribution in [1.29, 1.82) is 0 Å². The second kappa shape index (κ2) is 7.53. The smallest absolute Gasteiger partial charge is 0.333 e. The standard InChI is InChI=1S/C14H16ClF3N2O.ClH/c1-9(14(16,17)18)13(21)20-7-6-19-8-12(20)10-4-2-3-5-11(10)15;/h2-5,9,12,19H,6-8H2,1H3;1H. The van der Waals surface area contributed by atoms with E-state index < -0.39 is 24.0 Å². The quantitative estimate of drug-likeness (QED) is 0.880. The SMILES string of the molecule is CC(C(=O)N1CCNCC1c1ccccc1Cl)C(F)(F)F.Cl. The van der Waals surface area contributed by atoms with Crippen molar-refractivity contribution in [2.75, 3.05) is 19.6 Å². The van der Waals surface area contributed by atoms with Gasteiger partial charge >= 0.3 is 6.18 Å². The van der Waals surface area contributed by atoms with Crippen LogP contribution in [0, 0.1) is 5.92 Å². The molecular weight excluding hydrogens is 340 g/mol. The molecule has 124 valence electrons. The van der Waals surface area contributed by atoms with Crippen LogP contribution < -0.4 is 5.32 Å². The molecule has 2 atom stereocenters. The molecule has 2 unspecified atom stereocenters. The van der Waals surface area contributed by atoms with Crippen molar-refractivity contribution in [2.45, 2.75) is 19.1 Å². The molecule has 0 spiro atoms. The van der Waals surface area contributed by atoms with E-state index >= 15 is 0 Å². The number of benzene rings is 1. The molecule has 0 saturated carbocycles. The van der Waals surface area contributed by atoms with E-state index in [2.05, 4.69) is 5.32 Å². The zero-order valence-electron chi connectivity index (χ0n) is 11.9. The van der Waals surface area contributed by atoms with Crippen LogP contribution in [-0.2, 0) is 4.79 Å². The van der Waals surface area contributed by atoms with E-state index in [9.17, 15) is 18.0 Å². The van der Waals surface area contributed by atoms with Gasteiger partial charge < -0.3 is 10.2 Å². The molecule has 1 aliphatic rings. The summed E-state index contributed by atoms with van der Waals surface area (Å²) in [7, 11) is 0. The maximum absolute atomic E-state index is 12.8. The summed E-state index contributed by atoms with van der Waals surface area (Å²) in [6.45, 7) is 1.99. The highest BCUT2D eigenvalue weighted by Gasteiger charge is 2.45. The van der Waals surface area contributed by atoms with Crippen LogP contribution in [0.15, 0.2) is 24.3 Å². The fourth-order valence-corrected chi connectivity index (χ4v) is 2.64. The lowest BCUT2D eigenvalue weighted by Crippen LogP contribution is -2.52. The molecule has 0 aliphatic carbocycles. The van der Waals surface area contributed by atoms with Gasteiger partial charge in [-0.3, -0.25) is 4.79 Å². The predicted octanol–water partition coefficient (Wildman–Crippen LogP) is 3.43. The predicted molar refractivity (Wildman–Crippen MR) is 81.2 cm³/mol. The fourth-order valence-electron chi connectivity index (χ4n) is 2.38. The summed E-state index contributed by atoms with van der Waals surface area (Å²) in [6, 6.07) is 6.42. The topological polar surface area (TPSA) is 32.3 Å². The van der Waals surface area contributed by atoms with Crippen LogP contribution in [-0.4, -0.2) is 36.6 Å². The number of alkyl halides is 3. The number of hydrogen-bond acceptors (Lipinski definition) is 2. The van der Waals surface area contributed by atoms with Gasteiger partial charge in [0, 0.05) is 24.7 Å².